The Bertz CT molecular complexity index is 350. The van der Waals surface area contributed by atoms with Crippen molar-refractivity contribution in [2.75, 3.05) is 6.61 Å². The third kappa shape index (κ3) is 2.42. The van der Waals surface area contributed by atoms with Gasteiger partial charge in [-0.15, -0.1) is 0 Å². The maximum Gasteiger partial charge on any atom is 0.223 e. The van der Waals surface area contributed by atoms with Crippen molar-refractivity contribution in [3.63, 3.8) is 0 Å². The van der Waals surface area contributed by atoms with Crippen molar-refractivity contribution in [3.05, 3.63) is 35.9 Å². The number of rotatable bonds is 4. The predicted octanol–water partition coefficient (Wildman–Crippen LogP) is 1.56. The minimum Gasteiger partial charge on any atom is -0.396 e. The summed E-state index contributed by atoms with van der Waals surface area (Å²) in [6, 6.07) is 10.2. The largest absolute Gasteiger partial charge is 0.396 e. The molecule has 0 aromatic heterocycles. The van der Waals surface area contributed by atoms with E-state index < -0.39 is 0 Å². The zero-order valence-corrected chi connectivity index (χ0v) is 9.30. The SMILES string of the molecule is O=C1CCC(CCO)N1Cc1ccccc1. The lowest BCUT2D eigenvalue weighted by atomic mass is 10.1. The van der Waals surface area contributed by atoms with E-state index in [2.05, 4.69) is 0 Å². The number of hydrogen-bond acceptors (Lipinski definition) is 2. The quantitative estimate of drug-likeness (QED) is 0.834. The molecule has 1 aliphatic heterocycles. The van der Waals surface area contributed by atoms with Gasteiger partial charge < -0.3 is 10.0 Å². The van der Waals surface area contributed by atoms with Crippen LogP contribution in [0.2, 0.25) is 0 Å². The van der Waals surface area contributed by atoms with Crippen molar-refractivity contribution in [2.24, 2.45) is 0 Å². The zero-order valence-electron chi connectivity index (χ0n) is 9.30. The molecule has 1 heterocycles. The summed E-state index contributed by atoms with van der Waals surface area (Å²) < 4.78 is 0. The molecule has 0 radical (unpaired) electrons. The number of nitrogens with zero attached hydrogens (tertiary/aromatic N) is 1. The van der Waals surface area contributed by atoms with Gasteiger partial charge in [0.1, 0.15) is 0 Å². The lowest BCUT2D eigenvalue weighted by Crippen LogP contribution is -2.33. The Labute approximate surface area is 95.7 Å². The van der Waals surface area contributed by atoms with Crippen molar-refractivity contribution in [1.29, 1.82) is 0 Å². The summed E-state index contributed by atoms with van der Waals surface area (Å²) in [5, 5.41) is 8.96. The van der Waals surface area contributed by atoms with E-state index in [-0.39, 0.29) is 18.6 Å². The van der Waals surface area contributed by atoms with E-state index >= 15 is 0 Å². The molecule has 1 atom stereocenters. The standard InChI is InChI=1S/C13H17NO2/c15-9-8-12-6-7-13(16)14(12)10-11-4-2-1-3-5-11/h1-5,12,15H,6-10H2. The van der Waals surface area contributed by atoms with Crippen LogP contribution in [0.25, 0.3) is 0 Å². The number of likely N-dealkylation sites (tertiary alicyclic amines) is 1. The maximum atomic E-state index is 11.7. The second-order valence-electron chi connectivity index (χ2n) is 4.21. The molecule has 1 N–H and O–H groups in total. The van der Waals surface area contributed by atoms with Crippen molar-refractivity contribution in [1.82, 2.24) is 4.90 Å². The third-order valence-electron chi connectivity index (χ3n) is 3.11. The van der Waals surface area contributed by atoms with Gasteiger partial charge in [0.2, 0.25) is 5.91 Å². The predicted molar refractivity (Wildman–Crippen MR) is 61.7 cm³/mol. The van der Waals surface area contributed by atoms with Crippen LogP contribution in [0.3, 0.4) is 0 Å². The zero-order chi connectivity index (χ0) is 11.4. The highest BCUT2D eigenvalue weighted by Gasteiger charge is 2.29. The van der Waals surface area contributed by atoms with Crippen LogP contribution in [0.1, 0.15) is 24.8 Å². The minimum atomic E-state index is 0.156. The fourth-order valence-corrected chi connectivity index (χ4v) is 2.24. The first-order chi connectivity index (χ1) is 7.81. The van der Waals surface area contributed by atoms with Crippen LogP contribution in [0, 0.1) is 0 Å². The van der Waals surface area contributed by atoms with Crippen molar-refractivity contribution in [3.8, 4) is 0 Å². The molecular weight excluding hydrogens is 202 g/mol. The third-order valence-corrected chi connectivity index (χ3v) is 3.11. The summed E-state index contributed by atoms with van der Waals surface area (Å²) in [6.07, 6.45) is 2.20. The van der Waals surface area contributed by atoms with Crippen LogP contribution < -0.4 is 0 Å². The molecule has 3 heteroatoms. The van der Waals surface area contributed by atoms with Crippen molar-refractivity contribution < 1.29 is 9.90 Å². The number of amides is 1. The van der Waals surface area contributed by atoms with E-state index in [9.17, 15) is 4.79 Å². The molecule has 1 aromatic rings. The summed E-state index contributed by atoms with van der Waals surface area (Å²) in [5.74, 6) is 0.210. The molecule has 0 spiro atoms. The van der Waals surface area contributed by atoms with Gasteiger partial charge in [-0.2, -0.15) is 0 Å². The summed E-state index contributed by atoms with van der Waals surface area (Å²) in [7, 11) is 0. The average Bonchev–Trinajstić information content (AvgIpc) is 2.64. The van der Waals surface area contributed by atoms with Gasteiger partial charge in [0.05, 0.1) is 0 Å². The van der Waals surface area contributed by atoms with Gasteiger partial charge in [0.25, 0.3) is 0 Å². The van der Waals surface area contributed by atoms with Gasteiger partial charge in [-0.3, -0.25) is 4.79 Å². The molecule has 1 aromatic carbocycles. The Kier molecular flexibility index (Phi) is 3.57. The topological polar surface area (TPSA) is 40.5 Å². The highest BCUT2D eigenvalue weighted by atomic mass is 16.3. The molecule has 1 aliphatic rings. The van der Waals surface area contributed by atoms with Gasteiger partial charge in [-0.25, -0.2) is 0 Å². The average molecular weight is 219 g/mol. The Morgan fingerprint density at radius 1 is 1.31 bits per heavy atom. The van der Waals surface area contributed by atoms with E-state index in [4.69, 9.17) is 5.11 Å². The second-order valence-corrected chi connectivity index (χ2v) is 4.21. The molecule has 0 aliphatic carbocycles. The summed E-state index contributed by atoms with van der Waals surface area (Å²) >= 11 is 0. The van der Waals surface area contributed by atoms with Gasteiger partial charge >= 0.3 is 0 Å². The number of aliphatic hydroxyl groups excluding tert-OH is 1. The van der Waals surface area contributed by atoms with Crippen LogP contribution in [0.15, 0.2) is 30.3 Å². The molecule has 2 rings (SSSR count). The maximum absolute atomic E-state index is 11.7. The minimum absolute atomic E-state index is 0.156. The first-order valence-corrected chi connectivity index (χ1v) is 5.75. The number of carbonyl (C=O) groups excluding carboxylic acids is 1. The lowest BCUT2D eigenvalue weighted by molar-refractivity contribution is -0.129. The first kappa shape index (κ1) is 11.1. The number of aliphatic hydroxyl groups is 1. The fourth-order valence-electron chi connectivity index (χ4n) is 2.24. The molecule has 0 saturated carbocycles. The summed E-state index contributed by atoms with van der Waals surface area (Å²) in [6.45, 7) is 0.827. The first-order valence-electron chi connectivity index (χ1n) is 5.75. The van der Waals surface area contributed by atoms with Crippen LogP contribution in [-0.4, -0.2) is 28.6 Å². The Balaban J connectivity index is 2.04. The van der Waals surface area contributed by atoms with E-state index in [0.717, 1.165) is 12.0 Å². The van der Waals surface area contributed by atoms with Crippen molar-refractivity contribution >= 4 is 5.91 Å². The van der Waals surface area contributed by atoms with E-state index in [1.807, 2.05) is 35.2 Å². The molecule has 86 valence electrons. The lowest BCUT2D eigenvalue weighted by Gasteiger charge is -2.24. The normalized spacial score (nSPS) is 20.4. The monoisotopic (exact) mass is 219 g/mol. The van der Waals surface area contributed by atoms with Crippen LogP contribution in [0.4, 0.5) is 0 Å². The highest BCUT2D eigenvalue weighted by Crippen LogP contribution is 2.23. The smallest absolute Gasteiger partial charge is 0.223 e. The number of carbonyl (C=O) groups is 1. The molecule has 16 heavy (non-hydrogen) atoms. The molecule has 1 amide bonds. The Morgan fingerprint density at radius 3 is 2.75 bits per heavy atom. The summed E-state index contributed by atoms with van der Waals surface area (Å²) in [4.78, 5) is 13.6. The second kappa shape index (κ2) is 5.12. The molecule has 1 fully saturated rings. The number of benzene rings is 1. The van der Waals surface area contributed by atoms with Gasteiger partial charge in [0.15, 0.2) is 0 Å². The number of hydrogen-bond donors (Lipinski definition) is 1. The van der Waals surface area contributed by atoms with E-state index in [0.29, 0.717) is 19.4 Å². The van der Waals surface area contributed by atoms with Crippen LogP contribution in [-0.2, 0) is 11.3 Å². The molecule has 0 bridgehead atoms. The van der Waals surface area contributed by atoms with Gasteiger partial charge in [0, 0.05) is 25.6 Å². The van der Waals surface area contributed by atoms with Crippen LogP contribution >= 0.6 is 0 Å². The Hall–Kier alpha value is -1.35. The Morgan fingerprint density at radius 2 is 2.06 bits per heavy atom. The van der Waals surface area contributed by atoms with Gasteiger partial charge in [-0.1, -0.05) is 30.3 Å². The molecule has 1 unspecified atom stereocenters. The molecule has 1 saturated heterocycles. The van der Waals surface area contributed by atoms with Crippen LogP contribution in [0.5, 0.6) is 0 Å². The fraction of sp³-hybridized carbons (Fsp3) is 0.462. The van der Waals surface area contributed by atoms with E-state index in [1.54, 1.807) is 0 Å². The highest BCUT2D eigenvalue weighted by molar-refractivity contribution is 5.78. The van der Waals surface area contributed by atoms with E-state index in [1.165, 1.54) is 0 Å². The summed E-state index contributed by atoms with van der Waals surface area (Å²) in [5.41, 5.74) is 1.15. The molecule has 3 nitrogen and oxygen atoms in total. The van der Waals surface area contributed by atoms with Gasteiger partial charge in [-0.05, 0) is 18.4 Å². The molecular formula is C13H17NO2. The van der Waals surface area contributed by atoms with Crippen molar-refractivity contribution in [2.45, 2.75) is 31.8 Å².